The van der Waals surface area contributed by atoms with Crippen LogP contribution in [0.5, 0.6) is 17.2 Å². The van der Waals surface area contributed by atoms with Crippen molar-refractivity contribution in [2.45, 2.75) is 26.8 Å². The molecule has 2 N–H and O–H groups in total. The van der Waals surface area contributed by atoms with E-state index in [1.165, 1.54) is 11.1 Å². The van der Waals surface area contributed by atoms with Crippen molar-refractivity contribution in [2.24, 2.45) is 0 Å². The number of anilines is 1. The first kappa shape index (κ1) is 18.3. The van der Waals surface area contributed by atoms with Crippen LogP contribution < -0.4 is 24.8 Å². The minimum Gasteiger partial charge on any atom is -0.491 e. The number of hydrogen-bond acceptors (Lipinski definition) is 4. The Morgan fingerprint density at radius 1 is 1.08 bits per heavy atom. The Balaban J connectivity index is 1.48. The molecule has 3 rings (SSSR count). The molecule has 0 radical (unpaired) electrons. The summed E-state index contributed by atoms with van der Waals surface area (Å²) in [4.78, 5) is 0. The van der Waals surface area contributed by atoms with Crippen LogP contribution in [0.15, 0.2) is 36.4 Å². The van der Waals surface area contributed by atoms with Crippen LogP contribution in [0.4, 0.5) is 5.69 Å². The molecule has 6 heteroatoms. The van der Waals surface area contributed by atoms with Gasteiger partial charge in [-0.2, -0.15) is 0 Å². The second-order valence-electron chi connectivity index (χ2n) is 6.42. The lowest BCUT2D eigenvalue weighted by atomic mass is 10.1. The zero-order chi connectivity index (χ0) is 18.5. The average Bonchev–Trinajstić information content (AvgIpc) is 2.62. The standard InChI is InChI=1S/C20H24N2O3S/c1-13-4-6-17(10-14(13)2)25-12-15(3)21-20(26)22-16-5-7-18-19(11-16)24-9-8-23-18/h4-7,10-11,15H,8-9,12H2,1-3H3,(H2,21,22,26)/t15-/m0/s1. The van der Waals surface area contributed by atoms with Crippen LogP contribution in [-0.2, 0) is 0 Å². The number of rotatable bonds is 5. The SMILES string of the molecule is Cc1ccc(OC[C@H](C)NC(=S)Nc2ccc3c(c2)OCCO3)cc1C. The van der Waals surface area contributed by atoms with Gasteiger partial charge in [-0.15, -0.1) is 0 Å². The summed E-state index contributed by atoms with van der Waals surface area (Å²) in [6.45, 7) is 7.86. The predicted octanol–water partition coefficient (Wildman–Crippen LogP) is 3.83. The molecule has 26 heavy (non-hydrogen) atoms. The van der Waals surface area contributed by atoms with E-state index in [1.54, 1.807) is 0 Å². The first-order chi connectivity index (χ1) is 12.5. The van der Waals surface area contributed by atoms with Crippen LogP contribution in [0, 0.1) is 13.8 Å². The normalized spacial score (nSPS) is 13.7. The summed E-state index contributed by atoms with van der Waals surface area (Å²) < 4.78 is 16.9. The Kier molecular flexibility index (Phi) is 5.83. The summed E-state index contributed by atoms with van der Waals surface area (Å²) >= 11 is 5.39. The summed E-state index contributed by atoms with van der Waals surface area (Å²) in [5.41, 5.74) is 3.33. The lowest BCUT2D eigenvalue weighted by molar-refractivity contribution is 0.171. The second-order valence-corrected chi connectivity index (χ2v) is 6.82. The highest BCUT2D eigenvalue weighted by Gasteiger charge is 2.12. The van der Waals surface area contributed by atoms with Crippen molar-refractivity contribution < 1.29 is 14.2 Å². The highest BCUT2D eigenvalue weighted by molar-refractivity contribution is 7.80. The molecule has 0 amide bonds. The fraction of sp³-hybridized carbons (Fsp3) is 0.350. The Morgan fingerprint density at radius 3 is 2.62 bits per heavy atom. The second kappa shape index (κ2) is 8.27. The van der Waals surface area contributed by atoms with Crippen molar-refractivity contribution in [1.82, 2.24) is 5.32 Å². The maximum Gasteiger partial charge on any atom is 0.171 e. The van der Waals surface area contributed by atoms with Crippen molar-refractivity contribution in [3.63, 3.8) is 0 Å². The third kappa shape index (κ3) is 4.79. The largest absolute Gasteiger partial charge is 0.491 e. The van der Waals surface area contributed by atoms with Gasteiger partial charge in [0, 0.05) is 11.8 Å². The van der Waals surface area contributed by atoms with E-state index in [0.717, 1.165) is 22.9 Å². The van der Waals surface area contributed by atoms with Gasteiger partial charge in [-0.3, -0.25) is 0 Å². The molecule has 0 aliphatic carbocycles. The van der Waals surface area contributed by atoms with Crippen LogP contribution in [0.1, 0.15) is 18.1 Å². The Morgan fingerprint density at radius 2 is 1.85 bits per heavy atom. The topological polar surface area (TPSA) is 51.8 Å². The number of benzene rings is 2. The fourth-order valence-electron chi connectivity index (χ4n) is 2.58. The lowest BCUT2D eigenvalue weighted by Crippen LogP contribution is -2.39. The fourth-order valence-corrected chi connectivity index (χ4v) is 2.90. The van der Waals surface area contributed by atoms with E-state index in [9.17, 15) is 0 Å². The molecule has 0 fully saturated rings. The predicted molar refractivity (Wildman–Crippen MR) is 108 cm³/mol. The van der Waals surface area contributed by atoms with Crippen molar-refractivity contribution in [3.05, 3.63) is 47.5 Å². The molecule has 0 bridgehead atoms. The average molecular weight is 372 g/mol. The number of ether oxygens (including phenoxy) is 3. The maximum atomic E-state index is 5.84. The van der Waals surface area contributed by atoms with Gasteiger partial charge < -0.3 is 24.8 Å². The van der Waals surface area contributed by atoms with Crippen molar-refractivity contribution >= 4 is 23.0 Å². The number of fused-ring (bicyclic) bond motifs is 1. The molecule has 1 atom stereocenters. The molecule has 0 unspecified atom stereocenters. The summed E-state index contributed by atoms with van der Waals surface area (Å²) in [5, 5.41) is 6.93. The van der Waals surface area contributed by atoms with Crippen LogP contribution >= 0.6 is 12.2 Å². The van der Waals surface area contributed by atoms with E-state index in [0.29, 0.717) is 24.9 Å². The van der Waals surface area contributed by atoms with Crippen molar-refractivity contribution in [1.29, 1.82) is 0 Å². The Hall–Kier alpha value is -2.47. The molecule has 138 valence electrons. The summed E-state index contributed by atoms with van der Waals surface area (Å²) in [7, 11) is 0. The molecular formula is C20H24N2O3S. The van der Waals surface area contributed by atoms with Crippen LogP contribution in [0.2, 0.25) is 0 Å². The first-order valence-corrected chi connectivity index (χ1v) is 9.09. The molecule has 1 heterocycles. The first-order valence-electron chi connectivity index (χ1n) is 8.68. The van der Waals surface area contributed by atoms with Gasteiger partial charge in [0.2, 0.25) is 0 Å². The van der Waals surface area contributed by atoms with E-state index < -0.39 is 0 Å². The van der Waals surface area contributed by atoms with Crippen molar-refractivity contribution in [2.75, 3.05) is 25.1 Å². The van der Waals surface area contributed by atoms with Crippen LogP contribution in [0.3, 0.4) is 0 Å². The highest BCUT2D eigenvalue weighted by atomic mass is 32.1. The van der Waals surface area contributed by atoms with Gasteiger partial charge in [0.25, 0.3) is 0 Å². The maximum absolute atomic E-state index is 5.84. The molecule has 0 aromatic heterocycles. The molecule has 0 spiro atoms. The lowest BCUT2D eigenvalue weighted by Gasteiger charge is -2.20. The zero-order valence-electron chi connectivity index (χ0n) is 15.3. The number of hydrogen-bond donors (Lipinski definition) is 2. The van der Waals surface area contributed by atoms with E-state index in [-0.39, 0.29) is 6.04 Å². The third-order valence-electron chi connectivity index (χ3n) is 4.16. The van der Waals surface area contributed by atoms with Gasteiger partial charge in [-0.25, -0.2) is 0 Å². The molecular weight excluding hydrogens is 348 g/mol. The van der Waals surface area contributed by atoms with Crippen molar-refractivity contribution in [3.8, 4) is 17.2 Å². The summed E-state index contributed by atoms with van der Waals surface area (Å²) in [6.07, 6.45) is 0. The summed E-state index contributed by atoms with van der Waals surface area (Å²) in [6, 6.07) is 11.8. The van der Waals surface area contributed by atoms with E-state index in [2.05, 4.69) is 30.5 Å². The molecule has 1 aliphatic rings. The number of aryl methyl sites for hydroxylation is 2. The molecule has 1 aliphatic heterocycles. The van der Waals surface area contributed by atoms with E-state index in [1.807, 2.05) is 37.3 Å². The van der Waals surface area contributed by atoms with E-state index in [4.69, 9.17) is 26.4 Å². The number of thiocarbonyl (C=S) groups is 1. The number of nitrogens with one attached hydrogen (secondary N) is 2. The third-order valence-corrected chi connectivity index (χ3v) is 4.38. The minimum atomic E-state index is 0.0637. The zero-order valence-corrected chi connectivity index (χ0v) is 16.1. The van der Waals surface area contributed by atoms with Gasteiger partial charge in [0.1, 0.15) is 25.6 Å². The minimum absolute atomic E-state index is 0.0637. The quantitative estimate of drug-likeness (QED) is 0.778. The van der Waals surface area contributed by atoms with Gasteiger partial charge in [-0.1, -0.05) is 6.07 Å². The van der Waals surface area contributed by atoms with Gasteiger partial charge in [0.15, 0.2) is 16.6 Å². The summed E-state index contributed by atoms with van der Waals surface area (Å²) in [5.74, 6) is 2.36. The van der Waals surface area contributed by atoms with Gasteiger partial charge in [-0.05, 0) is 68.4 Å². The molecule has 5 nitrogen and oxygen atoms in total. The molecule has 2 aromatic carbocycles. The molecule has 0 saturated heterocycles. The van der Waals surface area contributed by atoms with Crippen LogP contribution in [0.25, 0.3) is 0 Å². The van der Waals surface area contributed by atoms with Gasteiger partial charge >= 0.3 is 0 Å². The Bertz CT molecular complexity index is 795. The highest BCUT2D eigenvalue weighted by Crippen LogP contribution is 2.32. The van der Waals surface area contributed by atoms with E-state index >= 15 is 0 Å². The van der Waals surface area contributed by atoms with Crippen LogP contribution in [-0.4, -0.2) is 31.0 Å². The van der Waals surface area contributed by atoms with Gasteiger partial charge in [0.05, 0.1) is 6.04 Å². The monoisotopic (exact) mass is 372 g/mol. The molecule has 0 saturated carbocycles. The molecule has 2 aromatic rings. The Labute approximate surface area is 159 Å². The smallest absolute Gasteiger partial charge is 0.171 e.